The predicted molar refractivity (Wildman–Crippen MR) is 96.1 cm³/mol. The number of carbonyl (C=O) groups excluding carboxylic acids is 1. The second kappa shape index (κ2) is 7.82. The van der Waals surface area contributed by atoms with Gasteiger partial charge in [-0.3, -0.25) is 4.79 Å². The summed E-state index contributed by atoms with van der Waals surface area (Å²) in [5, 5.41) is 14.2. The van der Waals surface area contributed by atoms with E-state index in [4.69, 9.17) is 9.47 Å². The number of nitrogens with zero attached hydrogens (tertiary/aromatic N) is 1. The molecule has 0 unspecified atom stereocenters. The summed E-state index contributed by atoms with van der Waals surface area (Å²) in [6, 6.07) is 13.6. The molecule has 0 spiro atoms. The van der Waals surface area contributed by atoms with Gasteiger partial charge in [0.25, 0.3) is 5.91 Å². The van der Waals surface area contributed by atoms with Crippen LogP contribution in [0.4, 0.5) is 0 Å². The average Bonchev–Trinajstić information content (AvgIpc) is 3.17. The average molecular weight is 336 g/mol. The molecule has 0 saturated carbocycles. The van der Waals surface area contributed by atoms with Gasteiger partial charge in [0.2, 0.25) is 0 Å². The molecule has 128 valence electrons. The Bertz CT molecular complexity index is 846. The fourth-order valence-corrected chi connectivity index (χ4v) is 3.00. The Morgan fingerprint density at radius 1 is 1.40 bits per heavy atom. The molecule has 0 aliphatic carbocycles. The van der Waals surface area contributed by atoms with Crippen molar-refractivity contribution in [3.63, 3.8) is 0 Å². The molecule has 1 atom stereocenters. The lowest BCUT2D eigenvalue weighted by Gasteiger charge is -2.11. The van der Waals surface area contributed by atoms with Crippen LogP contribution >= 0.6 is 0 Å². The van der Waals surface area contributed by atoms with E-state index < -0.39 is 5.91 Å². The summed E-state index contributed by atoms with van der Waals surface area (Å²) < 4.78 is 10.9. The van der Waals surface area contributed by atoms with Gasteiger partial charge in [-0.1, -0.05) is 30.3 Å². The number of ether oxygens (including phenoxy) is 2. The summed E-state index contributed by atoms with van der Waals surface area (Å²) in [7, 11) is 1.57. The summed E-state index contributed by atoms with van der Waals surface area (Å²) in [6.07, 6.45) is 3.57. The van der Waals surface area contributed by atoms with Crippen molar-refractivity contribution < 1.29 is 14.3 Å². The Kier molecular flexibility index (Phi) is 5.32. The molecule has 5 heteroatoms. The van der Waals surface area contributed by atoms with Crippen LogP contribution in [0.25, 0.3) is 16.8 Å². The lowest BCUT2D eigenvalue weighted by atomic mass is 10.0. The van der Waals surface area contributed by atoms with Crippen LogP contribution in [0.2, 0.25) is 0 Å². The van der Waals surface area contributed by atoms with E-state index in [-0.39, 0.29) is 11.7 Å². The maximum Gasteiger partial charge on any atom is 0.262 e. The molecule has 5 nitrogen and oxygen atoms in total. The number of hydrogen-bond donors (Lipinski definition) is 1. The SMILES string of the molecule is COc1ccc2ccccc2c1/C=C(\C#N)C(=O)NC[C@H]1CCCO1. The Morgan fingerprint density at radius 3 is 2.96 bits per heavy atom. The van der Waals surface area contributed by atoms with Crippen LogP contribution in [0.15, 0.2) is 42.0 Å². The topological polar surface area (TPSA) is 71.3 Å². The van der Waals surface area contributed by atoms with E-state index in [1.165, 1.54) is 0 Å². The molecule has 1 saturated heterocycles. The number of fused-ring (bicyclic) bond motifs is 1. The van der Waals surface area contributed by atoms with Gasteiger partial charge in [0.15, 0.2) is 0 Å². The number of rotatable bonds is 5. The minimum Gasteiger partial charge on any atom is -0.496 e. The normalized spacial score (nSPS) is 17.3. The van der Waals surface area contributed by atoms with Crippen molar-refractivity contribution in [2.24, 2.45) is 0 Å². The smallest absolute Gasteiger partial charge is 0.262 e. The third-order valence-electron chi connectivity index (χ3n) is 4.32. The second-order valence-corrected chi connectivity index (χ2v) is 5.92. The molecule has 1 heterocycles. The number of nitriles is 1. The number of hydrogen-bond acceptors (Lipinski definition) is 4. The number of methoxy groups -OCH3 is 1. The Morgan fingerprint density at radius 2 is 2.24 bits per heavy atom. The fourth-order valence-electron chi connectivity index (χ4n) is 3.00. The Labute approximate surface area is 146 Å². The molecule has 2 aromatic carbocycles. The van der Waals surface area contributed by atoms with Crippen molar-refractivity contribution in [3.05, 3.63) is 47.5 Å². The van der Waals surface area contributed by atoms with Gasteiger partial charge in [-0.25, -0.2) is 0 Å². The van der Waals surface area contributed by atoms with Crippen LogP contribution in [0.3, 0.4) is 0 Å². The standard InChI is InChI=1S/C20H20N2O3/c1-24-19-9-8-14-5-2-3-7-17(14)18(19)11-15(12-21)20(23)22-13-16-6-4-10-25-16/h2-3,5,7-9,11,16H,4,6,10,13H2,1H3,(H,22,23)/b15-11+/t16-/m1/s1. The third kappa shape index (κ3) is 3.81. The maximum atomic E-state index is 12.4. The van der Waals surface area contributed by atoms with Gasteiger partial charge in [0.1, 0.15) is 17.4 Å². The van der Waals surface area contributed by atoms with Crippen molar-refractivity contribution in [2.75, 3.05) is 20.3 Å². The number of benzene rings is 2. The molecule has 2 aromatic rings. The van der Waals surface area contributed by atoms with Gasteiger partial charge >= 0.3 is 0 Å². The molecule has 0 radical (unpaired) electrons. The largest absolute Gasteiger partial charge is 0.496 e. The molecule has 0 aromatic heterocycles. The lowest BCUT2D eigenvalue weighted by molar-refractivity contribution is -0.117. The van der Waals surface area contributed by atoms with E-state index in [9.17, 15) is 10.1 Å². The van der Waals surface area contributed by atoms with Crippen LogP contribution in [-0.4, -0.2) is 32.3 Å². The highest BCUT2D eigenvalue weighted by atomic mass is 16.5. The first kappa shape index (κ1) is 17.0. The molecule has 1 fully saturated rings. The van der Waals surface area contributed by atoms with E-state index in [0.717, 1.165) is 35.8 Å². The van der Waals surface area contributed by atoms with Crippen molar-refractivity contribution >= 4 is 22.8 Å². The highest BCUT2D eigenvalue weighted by molar-refractivity contribution is 6.05. The van der Waals surface area contributed by atoms with Crippen molar-refractivity contribution in [2.45, 2.75) is 18.9 Å². The van der Waals surface area contributed by atoms with Gasteiger partial charge in [-0.05, 0) is 35.8 Å². The monoisotopic (exact) mass is 336 g/mol. The van der Waals surface area contributed by atoms with Crippen molar-refractivity contribution in [1.29, 1.82) is 5.26 Å². The lowest BCUT2D eigenvalue weighted by Crippen LogP contribution is -2.32. The molecular formula is C20H20N2O3. The van der Waals surface area contributed by atoms with Crippen molar-refractivity contribution in [1.82, 2.24) is 5.32 Å². The Balaban J connectivity index is 1.89. The quantitative estimate of drug-likeness (QED) is 0.673. The minimum absolute atomic E-state index is 0.0379. The second-order valence-electron chi connectivity index (χ2n) is 5.92. The van der Waals surface area contributed by atoms with E-state index in [1.54, 1.807) is 13.2 Å². The zero-order valence-electron chi connectivity index (χ0n) is 14.1. The molecule has 1 amide bonds. The predicted octanol–water partition coefficient (Wildman–Crippen LogP) is 3.05. The summed E-state index contributed by atoms with van der Waals surface area (Å²) in [5.74, 6) is 0.228. The zero-order valence-corrected chi connectivity index (χ0v) is 14.1. The molecule has 3 rings (SSSR count). The zero-order chi connectivity index (χ0) is 17.6. The van der Waals surface area contributed by atoms with Crippen LogP contribution in [0.1, 0.15) is 18.4 Å². The molecular weight excluding hydrogens is 316 g/mol. The minimum atomic E-state index is -0.395. The summed E-state index contributed by atoms with van der Waals surface area (Å²) in [4.78, 5) is 12.4. The van der Waals surface area contributed by atoms with E-state index in [2.05, 4.69) is 5.32 Å². The van der Waals surface area contributed by atoms with E-state index in [1.807, 2.05) is 42.5 Å². The Hall–Kier alpha value is -2.84. The molecule has 1 aliphatic heterocycles. The molecule has 1 aliphatic rings. The first-order chi connectivity index (χ1) is 12.2. The third-order valence-corrected chi connectivity index (χ3v) is 4.32. The maximum absolute atomic E-state index is 12.4. The van der Waals surface area contributed by atoms with Gasteiger partial charge in [-0.15, -0.1) is 0 Å². The number of amides is 1. The van der Waals surface area contributed by atoms with Gasteiger partial charge in [0, 0.05) is 18.7 Å². The van der Waals surface area contributed by atoms with Crippen LogP contribution in [0, 0.1) is 11.3 Å². The summed E-state index contributed by atoms with van der Waals surface area (Å²) in [6.45, 7) is 1.15. The van der Waals surface area contributed by atoms with Gasteiger partial charge in [0.05, 0.1) is 13.2 Å². The van der Waals surface area contributed by atoms with Crippen LogP contribution < -0.4 is 10.1 Å². The molecule has 25 heavy (non-hydrogen) atoms. The van der Waals surface area contributed by atoms with E-state index in [0.29, 0.717) is 12.3 Å². The number of nitrogens with one attached hydrogen (secondary N) is 1. The first-order valence-corrected chi connectivity index (χ1v) is 8.30. The van der Waals surface area contributed by atoms with Gasteiger partial charge in [-0.2, -0.15) is 5.26 Å². The van der Waals surface area contributed by atoms with E-state index >= 15 is 0 Å². The number of carbonyl (C=O) groups is 1. The van der Waals surface area contributed by atoms with Crippen LogP contribution in [0.5, 0.6) is 5.75 Å². The highest BCUT2D eigenvalue weighted by Gasteiger charge is 2.18. The summed E-state index contributed by atoms with van der Waals surface area (Å²) >= 11 is 0. The highest BCUT2D eigenvalue weighted by Crippen LogP contribution is 2.30. The summed E-state index contributed by atoms with van der Waals surface area (Å²) in [5.41, 5.74) is 0.775. The van der Waals surface area contributed by atoms with Crippen LogP contribution in [-0.2, 0) is 9.53 Å². The molecule has 1 N–H and O–H groups in total. The van der Waals surface area contributed by atoms with Gasteiger partial charge < -0.3 is 14.8 Å². The molecule has 0 bridgehead atoms. The first-order valence-electron chi connectivity index (χ1n) is 8.30. The fraction of sp³-hybridized carbons (Fsp3) is 0.300. The van der Waals surface area contributed by atoms with Crippen molar-refractivity contribution in [3.8, 4) is 11.8 Å².